The molecule has 2 amide bonds. The van der Waals surface area contributed by atoms with E-state index in [2.05, 4.69) is 20.7 Å². The van der Waals surface area contributed by atoms with E-state index in [1.807, 2.05) is 36.2 Å². The summed E-state index contributed by atoms with van der Waals surface area (Å²) in [6, 6.07) is 8.03. The number of carbonyl (C=O) groups is 1. The molecule has 2 aromatic heterocycles. The van der Waals surface area contributed by atoms with Crippen LogP contribution in [-0.2, 0) is 4.74 Å². The lowest BCUT2D eigenvalue weighted by Gasteiger charge is -2.30. The number of aromatic nitrogens is 3. The third kappa shape index (κ3) is 4.18. The Morgan fingerprint density at radius 3 is 2.42 bits per heavy atom. The summed E-state index contributed by atoms with van der Waals surface area (Å²) in [6.07, 6.45) is 1.64. The molecule has 0 unspecified atom stereocenters. The van der Waals surface area contributed by atoms with Crippen molar-refractivity contribution in [2.75, 3.05) is 63.7 Å². The fourth-order valence-corrected chi connectivity index (χ4v) is 4.52. The summed E-state index contributed by atoms with van der Waals surface area (Å²) in [5, 5.41) is 10.3. The van der Waals surface area contributed by atoms with Gasteiger partial charge in [-0.05, 0) is 37.1 Å². The smallest absolute Gasteiger partial charge is 0.317 e. The molecule has 0 atom stereocenters. The monoisotopic (exact) mass is 451 g/mol. The molecular weight excluding hydrogens is 422 g/mol. The van der Waals surface area contributed by atoms with Gasteiger partial charge in [-0.3, -0.25) is 0 Å². The van der Waals surface area contributed by atoms with E-state index in [9.17, 15) is 4.79 Å². The summed E-state index contributed by atoms with van der Waals surface area (Å²) in [4.78, 5) is 25.8. The van der Waals surface area contributed by atoms with E-state index in [1.165, 1.54) is 0 Å². The Kier molecular flexibility index (Phi) is 5.99. The highest BCUT2D eigenvalue weighted by molar-refractivity contribution is 5.88. The maximum atomic E-state index is 12.0. The van der Waals surface area contributed by atoms with Crippen molar-refractivity contribution < 1.29 is 14.1 Å². The number of likely N-dealkylation sites (tertiary alicyclic amines) is 1. The molecular formula is C23H29N7O3. The first kappa shape index (κ1) is 21.4. The number of anilines is 2. The fourth-order valence-electron chi connectivity index (χ4n) is 4.52. The number of nitrogens with one attached hydrogen (secondary N) is 2. The minimum Gasteiger partial charge on any atom is -0.388 e. The van der Waals surface area contributed by atoms with E-state index in [4.69, 9.17) is 19.2 Å². The lowest BCUT2D eigenvalue weighted by Crippen LogP contribution is -2.42. The Hall–Kier alpha value is -3.40. The Morgan fingerprint density at radius 2 is 1.76 bits per heavy atom. The average molecular weight is 452 g/mol. The lowest BCUT2D eigenvalue weighted by atomic mass is 9.93. The number of amides is 2. The van der Waals surface area contributed by atoms with E-state index >= 15 is 0 Å². The Bertz CT molecular complexity index is 1120. The van der Waals surface area contributed by atoms with Crippen LogP contribution in [0.25, 0.3) is 22.5 Å². The van der Waals surface area contributed by atoms with Gasteiger partial charge >= 0.3 is 6.03 Å². The summed E-state index contributed by atoms with van der Waals surface area (Å²) >= 11 is 0. The van der Waals surface area contributed by atoms with Crippen LogP contribution in [0.5, 0.6) is 0 Å². The van der Waals surface area contributed by atoms with E-state index < -0.39 is 0 Å². The van der Waals surface area contributed by atoms with Gasteiger partial charge in [-0.15, -0.1) is 0 Å². The highest BCUT2D eigenvalue weighted by atomic mass is 16.5. The normalized spacial score (nSPS) is 17.4. The van der Waals surface area contributed by atoms with E-state index in [0.717, 1.165) is 54.2 Å². The first-order valence-corrected chi connectivity index (χ1v) is 11.4. The van der Waals surface area contributed by atoms with Crippen LogP contribution in [0.1, 0.15) is 24.5 Å². The number of piperidine rings is 1. The molecule has 10 heteroatoms. The van der Waals surface area contributed by atoms with Gasteiger partial charge < -0.3 is 29.7 Å². The molecule has 2 saturated heterocycles. The van der Waals surface area contributed by atoms with Crippen molar-refractivity contribution in [1.82, 2.24) is 25.3 Å². The number of urea groups is 1. The quantitative estimate of drug-likeness (QED) is 0.623. The molecule has 3 aromatic rings. The fraction of sp³-hybridized carbons (Fsp3) is 0.478. The maximum absolute atomic E-state index is 12.0. The molecule has 2 fully saturated rings. The van der Waals surface area contributed by atoms with E-state index in [1.54, 1.807) is 7.05 Å². The van der Waals surface area contributed by atoms with Gasteiger partial charge in [0.25, 0.3) is 0 Å². The molecule has 1 aromatic carbocycles. The van der Waals surface area contributed by atoms with Gasteiger partial charge in [0.15, 0.2) is 11.6 Å². The Morgan fingerprint density at radius 1 is 1.03 bits per heavy atom. The predicted molar refractivity (Wildman–Crippen MR) is 126 cm³/mol. The first-order valence-electron chi connectivity index (χ1n) is 11.4. The van der Waals surface area contributed by atoms with Gasteiger partial charge in [0.2, 0.25) is 5.58 Å². The molecule has 5 rings (SSSR count). The number of benzene rings is 1. The second-order valence-corrected chi connectivity index (χ2v) is 8.36. The van der Waals surface area contributed by atoms with E-state index in [-0.39, 0.29) is 11.9 Å². The van der Waals surface area contributed by atoms with Crippen molar-refractivity contribution in [1.29, 1.82) is 0 Å². The second-order valence-electron chi connectivity index (χ2n) is 8.36. The summed E-state index contributed by atoms with van der Waals surface area (Å²) in [5.74, 6) is 1.59. The largest absolute Gasteiger partial charge is 0.388 e. The number of carbonyl (C=O) groups excluding carboxylic acids is 1. The zero-order chi connectivity index (χ0) is 22.8. The molecule has 0 saturated carbocycles. The van der Waals surface area contributed by atoms with Crippen LogP contribution in [0.3, 0.4) is 0 Å². The van der Waals surface area contributed by atoms with Crippen molar-refractivity contribution in [3.63, 3.8) is 0 Å². The van der Waals surface area contributed by atoms with Crippen LogP contribution >= 0.6 is 0 Å². The molecule has 174 valence electrons. The van der Waals surface area contributed by atoms with Gasteiger partial charge in [-0.1, -0.05) is 5.16 Å². The predicted octanol–water partition coefficient (Wildman–Crippen LogP) is 2.68. The molecule has 0 radical (unpaired) electrons. The SMILES string of the molecule is CNC(=O)N1CCC(c2noc3c(N4CCOCC4)nc(-c4ccc(NC)cc4)nc23)CC1. The van der Waals surface area contributed by atoms with Gasteiger partial charge in [-0.2, -0.15) is 0 Å². The first-order chi connectivity index (χ1) is 16.2. The lowest BCUT2D eigenvalue weighted by molar-refractivity contribution is 0.122. The molecule has 4 heterocycles. The molecule has 10 nitrogen and oxygen atoms in total. The summed E-state index contributed by atoms with van der Waals surface area (Å²) in [7, 11) is 3.56. The Labute approximate surface area is 192 Å². The van der Waals surface area contributed by atoms with Crippen LogP contribution in [0, 0.1) is 0 Å². The standard InChI is InChI=1S/C23H29N7O3/c1-24-17-5-3-16(4-6-17)21-26-19-18(15-7-9-30(10-8-15)23(31)25-2)28-33-20(19)22(27-21)29-11-13-32-14-12-29/h3-6,15,24H,7-14H2,1-2H3,(H,25,31). The summed E-state index contributed by atoms with van der Waals surface area (Å²) < 4.78 is 11.4. The van der Waals surface area contributed by atoms with Crippen molar-refractivity contribution in [3.05, 3.63) is 30.0 Å². The maximum Gasteiger partial charge on any atom is 0.317 e. The molecule has 0 bridgehead atoms. The number of nitrogens with zero attached hydrogens (tertiary/aromatic N) is 5. The average Bonchev–Trinajstić information content (AvgIpc) is 3.32. The Balaban J connectivity index is 1.53. The number of rotatable bonds is 4. The van der Waals surface area contributed by atoms with Crippen molar-refractivity contribution in [3.8, 4) is 11.4 Å². The molecule has 0 aliphatic carbocycles. The molecule has 0 spiro atoms. The summed E-state index contributed by atoms with van der Waals surface area (Å²) in [6.45, 7) is 4.14. The van der Waals surface area contributed by atoms with Crippen molar-refractivity contribution >= 4 is 28.6 Å². The van der Waals surface area contributed by atoms with Crippen LogP contribution in [-0.4, -0.2) is 79.5 Å². The molecule has 2 aliphatic heterocycles. The van der Waals surface area contributed by atoms with E-state index in [0.29, 0.717) is 37.7 Å². The second kappa shape index (κ2) is 9.22. The third-order valence-corrected chi connectivity index (χ3v) is 6.45. The van der Waals surface area contributed by atoms with Crippen LogP contribution in [0.2, 0.25) is 0 Å². The zero-order valence-corrected chi connectivity index (χ0v) is 19.0. The zero-order valence-electron chi connectivity index (χ0n) is 19.0. The van der Waals surface area contributed by atoms with Gasteiger partial charge in [-0.25, -0.2) is 14.8 Å². The number of morpholine rings is 1. The highest BCUT2D eigenvalue weighted by Crippen LogP contribution is 2.36. The van der Waals surface area contributed by atoms with Gasteiger partial charge in [0.1, 0.15) is 11.2 Å². The number of hydrogen-bond acceptors (Lipinski definition) is 8. The van der Waals surface area contributed by atoms with Crippen LogP contribution in [0.4, 0.5) is 16.3 Å². The number of hydrogen-bond donors (Lipinski definition) is 2. The topological polar surface area (TPSA) is 109 Å². The minimum atomic E-state index is -0.0392. The molecule has 33 heavy (non-hydrogen) atoms. The molecule has 2 aliphatic rings. The van der Waals surface area contributed by atoms with Crippen LogP contribution in [0.15, 0.2) is 28.8 Å². The number of fused-ring (bicyclic) bond motifs is 1. The van der Waals surface area contributed by atoms with Crippen molar-refractivity contribution in [2.24, 2.45) is 0 Å². The van der Waals surface area contributed by atoms with Crippen molar-refractivity contribution in [2.45, 2.75) is 18.8 Å². The summed E-state index contributed by atoms with van der Waals surface area (Å²) in [5.41, 5.74) is 4.20. The highest BCUT2D eigenvalue weighted by Gasteiger charge is 2.30. The van der Waals surface area contributed by atoms with Gasteiger partial charge in [0.05, 0.1) is 13.2 Å². The van der Waals surface area contributed by atoms with Gasteiger partial charge in [0, 0.05) is 57.4 Å². The van der Waals surface area contributed by atoms with Crippen LogP contribution < -0.4 is 15.5 Å². The molecule has 2 N–H and O–H groups in total. The third-order valence-electron chi connectivity index (χ3n) is 6.45. The minimum absolute atomic E-state index is 0.0392. The number of ether oxygens (including phenoxy) is 1.